The van der Waals surface area contributed by atoms with E-state index < -0.39 is 11.9 Å². The normalized spacial score (nSPS) is 13.9. The quantitative estimate of drug-likeness (QED) is 0.606. The Morgan fingerprint density at radius 2 is 1.86 bits per heavy atom. The fourth-order valence-electron chi connectivity index (χ4n) is 0.885. The Morgan fingerprint density at radius 1 is 1.29 bits per heavy atom. The molecule has 3 N–H and O–H groups in total. The molecule has 0 atom stereocenters. The summed E-state index contributed by atoms with van der Waals surface area (Å²) in [5.41, 5.74) is -0.473. The number of hydrogen-bond donors (Lipinski definition) is 3. The number of dihydropyridines is 1. The van der Waals surface area contributed by atoms with Crippen LogP contribution in [0.4, 0.5) is 0 Å². The maximum Gasteiger partial charge on any atom is 0.352 e. The van der Waals surface area contributed by atoms with Crippen molar-refractivity contribution in [1.82, 2.24) is 5.32 Å². The van der Waals surface area contributed by atoms with Crippen LogP contribution in [0.1, 0.15) is 13.8 Å². The molecule has 1 aliphatic rings. The fraction of sp³-hybridized carbons (Fsp3) is 0.333. The third kappa shape index (κ3) is 2.93. The van der Waals surface area contributed by atoms with E-state index in [9.17, 15) is 9.59 Å². The summed E-state index contributed by atoms with van der Waals surface area (Å²) in [4.78, 5) is 20.9. The van der Waals surface area contributed by atoms with Gasteiger partial charge in [-0.2, -0.15) is 0 Å². The van der Waals surface area contributed by atoms with Crippen LogP contribution in [0.3, 0.4) is 0 Å². The zero-order valence-corrected chi connectivity index (χ0v) is 8.07. The Labute approximate surface area is 81.7 Å². The van der Waals surface area contributed by atoms with Crippen LogP contribution in [0.25, 0.3) is 0 Å². The number of carboxylic acids is 2. The van der Waals surface area contributed by atoms with E-state index in [1.807, 2.05) is 13.8 Å². The van der Waals surface area contributed by atoms with Crippen molar-refractivity contribution in [2.24, 2.45) is 0 Å². The molecule has 0 saturated heterocycles. The summed E-state index contributed by atoms with van der Waals surface area (Å²) in [5, 5.41) is 19.5. The Bertz CT molecular complexity index is 291. The number of hydrogen-bond acceptors (Lipinski definition) is 3. The highest BCUT2D eigenvalue weighted by Crippen LogP contribution is 2.08. The van der Waals surface area contributed by atoms with Gasteiger partial charge < -0.3 is 15.5 Å². The summed E-state index contributed by atoms with van der Waals surface area (Å²) < 4.78 is 0. The lowest BCUT2D eigenvalue weighted by Gasteiger charge is -2.10. The zero-order chi connectivity index (χ0) is 11.1. The van der Waals surface area contributed by atoms with Gasteiger partial charge in [-0.3, -0.25) is 0 Å². The molecule has 1 aliphatic heterocycles. The minimum absolute atomic E-state index is 0.214. The summed E-state index contributed by atoms with van der Waals surface area (Å²) in [6, 6.07) is 0. The molecule has 1 rings (SSSR count). The molecule has 0 aromatic rings. The van der Waals surface area contributed by atoms with E-state index in [0.29, 0.717) is 6.54 Å². The van der Waals surface area contributed by atoms with Gasteiger partial charge in [0.15, 0.2) is 0 Å². The highest BCUT2D eigenvalue weighted by molar-refractivity contribution is 6.00. The van der Waals surface area contributed by atoms with Gasteiger partial charge in [0.25, 0.3) is 0 Å². The molecule has 0 fully saturated rings. The summed E-state index contributed by atoms with van der Waals surface area (Å²) in [7, 11) is 0. The van der Waals surface area contributed by atoms with Gasteiger partial charge in [0.1, 0.15) is 5.70 Å². The van der Waals surface area contributed by atoms with Crippen molar-refractivity contribution in [3.8, 4) is 0 Å². The molecule has 0 unspecified atom stereocenters. The summed E-state index contributed by atoms with van der Waals surface area (Å²) in [6.07, 6.45) is 2.83. The molecule has 0 amide bonds. The van der Waals surface area contributed by atoms with Crippen molar-refractivity contribution in [3.05, 3.63) is 23.4 Å². The lowest BCUT2D eigenvalue weighted by atomic mass is 10.1. The van der Waals surface area contributed by atoms with E-state index in [0.717, 1.165) is 0 Å². The van der Waals surface area contributed by atoms with Crippen molar-refractivity contribution < 1.29 is 19.8 Å². The van der Waals surface area contributed by atoms with Gasteiger partial charge in [-0.05, 0) is 6.08 Å². The molecule has 0 aromatic heterocycles. The van der Waals surface area contributed by atoms with E-state index in [1.54, 1.807) is 6.08 Å². The largest absolute Gasteiger partial charge is 0.478 e. The van der Waals surface area contributed by atoms with Crippen LogP contribution in [-0.2, 0) is 9.59 Å². The summed E-state index contributed by atoms with van der Waals surface area (Å²) in [6.45, 7) is 4.35. The first kappa shape index (κ1) is 12.2. The van der Waals surface area contributed by atoms with Gasteiger partial charge in [0.05, 0.1) is 5.57 Å². The predicted molar refractivity (Wildman–Crippen MR) is 50.8 cm³/mol. The Balaban J connectivity index is 0.000000791. The number of nitrogens with one attached hydrogen (secondary N) is 1. The van der Waals surface area contributed by atoms with Gasteiger partial charge in [0, 0.05) is 6.54 Å². The molecule has 0 bridgehead atoms. The van der Waals surface area contributed by atoms with Gasteiger partial charge in [-0.25, -0.2) is 9.59 Å². The van der Waals surface area contributed by atoms with Crippen molar-refractivity contribution in [1.29, 1.82) is 0 Å². The number of carboxylic acid groups (broad SMARTS) is 2. The van der Waals surface area contributed by atoms with E-state index in [4.69, 9.17) is 10.2 Å². The van der Waals surface area contributed by atoms with E-state index >= 15 is 0 Å². The molecule has 0 radical (unpaired) electrons. The highest BCUT2D eigenvalue weighted by atomic mass is 16.4. The Kier molecular flexibility index (Phi) is 5.06. The first-order valence-electron chi connectivity index (χ1n) is 4.24. The van der Waals surface area contributed by atoms with Crippen LogP contribution in [0.5, 0.6) is 0 Å². The maximum absolute atomic E-state index is 10.5. The number of rotatable bonds is 2. The lowest BCUT2D eigenvalue weighted by molar-refractivity contribution is -0.136. The smallest absolute Gasteiger partial charge is 0.352 e. The van der Waals surface area contributed by atoms with Crippen molar-refractivity contribution >= 4 is 11.9 Å². The second-order valence-electron chi connectivity index (χ2n) is 2.18. The van der Waals surface area contributed by atoms with E-state index in [1.165, 1.54) is 6.08 Å². The molecule has 78 valence electrons. The average molecular weight is 199 g/mol. The first-order chi connectivity index (χ1) is 6.63. The topological polar surface area (TPSA) is 86.6 Å². The Morgan fingerprint density at radius 3 is 2.21 bits per heavy atom. The highest BCUT2D eigenvalue weighted by Gasteiger charge is 2.19. The zero-order valence-electron chi connectivity index (χ0n) is 8.07. The SMILES string of the molecule is CC.O=C(O)C1=C(C(=O)O)NCC=C1. The monoisotopic (exact) mass is 199 g/mol. The summed E-state index contributed by atoms with van der Waals surface area (Å²) >= 11 is 0. The minimum atomic E-state index is -1.25. The van der Waals surface area contributed by atoms with Gasteiger partial charge in [-0.1, -0.05) is 19.9 Å². The van der Waals surface area contributed by atoms with Crippen molar-refractivity contribution in [3.63, 3.8) is 0 Å². The van der Waals surface area contributed by atoms with Crippen molar-refractivity contribution in [2.45, 2.75) is 13.8 Å². The molecule has 0 saturated carbocycles. The second kappa shape index (κ2) is 5.80. The Hall–Kier alpha value is -1.78. The summed E-state index contributed by atoms with van der Waals surface area (Å²) in [5.74, 6) is -2.49. The van der Waals surface area contributed by atoms with Gasteiger partial charge in [0.2, 0.25) is 0 Å². The molecule has 0 aromatic carbocycles. The van der Waals surface area contributed by atoms with Crippen LogP contribution in [0.15, 0.2) is 23.4 Å². The second-order valence-corrected chi connectivity index (χ2v) is 2.18. The molecule has 0 spiro atoms. The number of carbonyl (C=O) groups is 2. The molecule has 1 heterocycles. The van der Waals surface area contributed by atoms with Crippen LogP contribution in [0, 0.1) is 0 Å². The first-order valence-corrected chi connectivity index (χ1v) is 4.24. The molecule has 0 aliphatic carbocycles. The fourth-order valence-corrected chi connectivity index (χ4v) is 0.885. The molecule has 14 heavy (non-hydrogen) atoms. The van der Waals surface area contributed by atoms with Crippen LogP contribution in [-0.4, -0.2) is 28.7 Å². The van der Waals surface area contributed by atoms with E-state index in [2.05, 4.69) is 5.32 Å². The van der Waals surface area contributed by atoms with E-state index in [-0.39, 0.29) is 11.3 Å². The lowest BCUT2D eigenvalue weighted by Crippen LogP contribution is -2.26. The van der Waals surface area contributed by atoms with Crippen LogP contribution < -0.4 is 5.32 Å². The average Bonchev–Trinajstić information content (AvgIpc) is 2.20. The van der Waals surface area contributed by atoms with Crippen LogP contribution >= 0.6 is 0 Å². The third-order valence-corrected chi connectivity index (χ3v) is 1.39. The molecular formula is C9H13NO4. The molecule has 5 nitrogen and oxygen atoms in total. The number of aliphatic carboxylic acids is 2. The molecular weight excluding hydrogens is 186 g/mol. The van der Waals surface area contributed by atoms with Crippen LogP contribution in [0.2, 0.25) is 0 Å². The van der Waals surface area contributed by atoms with Crippen molar-refractivity contribution in [2.75, 3.05) is 6.54 Å². The van der Waals surface area contributed by atoms with Gasteiger partial charge >= 0.3 is 11.9 Å². The molecule has 5 heteroatoms. The van der Waals surface area contributed by atoms with Gasteiger partial charge in [-0.15, -0.1) is 0 Å². The maximum atomic E-state index is 10.5. The minimum Gasteiger partial charge on any atom is -0.478 e. The third-order valence-electron chi connectivity index (χ3n) is 1.39. The predicted octanol–water partition coefficient (Wildman–Crippen LogP) is 0.595. The standard InChI is InChI=1S/C7H7NO4.C2H6/c9-6(10)4-2-1-3-8-5(4)7(11)12;1-2/h1-2,8H,3H2,(H,9,10)(H,11,12);1-2H3.